The van der Waals surface area contributed by atoms with Gasteiger partial charge in [0.1, 0.15) is 6.04 Å². The van der Waals surface area contributed by atoms with Crippen LogP contribution in [0.2, 0.25) is 0 Å². The first-order chi connectivity index (χ1) is 13.2. The number of thioether (sulfide) groups is 1. The SMILES string of the molecule is N[C@@H](CSCCCCCCCCCO)C(=O)OCCCCCCCCCCl. The lowest BCUT2D eigenvalue weighted by atomic mass is 10.1. The predicted octanol–water partition coefficient (Wildman–Crippen LogP) is 5.28. The number of unbranched alkanes of at least 4 members (excludes halogenated alkanes) is 12. The number of rotatable bonds is 21. The van der Waals surface area contributed by atoms with Gasteiger partial charge in [-0.2, -0.15) is 11.8 Å². The largest absolute Gasteiger partial charge is 0.465 e. The van der Waals surface area contributed by atoms with E-state index in [1.54, 1.807) is 11.8 Å². The molecule has 0 aliphatic heterocycles. The summed E-state index contributed by atoms with van der Waals surface area (Å²) in [5.41, 5.74) is 5.91. The third kappa shape index (κ3) is 20.6. The molecular formula is C21H42ClNO3S. The van der Waals surface area contributed by atoms with Gasteiger partial charge in [-0.3, -0.25) is 4.79 Å². The van der Waals surface area contributed by atoms with E-state index in [4.69, 9.17) is 27.2 Å². The quantitative estimate of drug-likeness (QED) is 0.149. The normalized spacial score (nSPS) is 12.3. The van der Waals surface area contributed by atoms with Gasteiger partial charge >= 0.3 is 5.97 Å². The fourth-order valence-corrected chi connectivity index (χ4v) is 3.99. The molecule has 27 heavy (non-hydrogen) atoms. The van der Waals surface area contributed by atoms with Crippen LogP contribution in [0, 0.1) is 0 Å². The summed E-state index contributed by atoms with van der Waals surface area (Å²) in [5.74, 6) is 2.21. The van der Waals surface area contributed by atoms with Gasteiger partial charge in [0.2, 0.25) is 0 Å². The van der Waals surface area contributed by atoms with Crippen LogP contribution in [0.15, 0.2) is 0 Å². The Morgan fingerprint density at radius 2 is 1.37 bits per heavy atom. The van der Waals surface area contributed by atoms with Gasteiger partial charge in [-0.1, -0.05) is 64.2 Å². The third-order valence-electron chi connectivity index (χ3n) is 4.57. The fraction of sp³-hybridized carbons (Fsp3) is 0.952. The molecule has 4 nitrogen and oxygen atoms in total. The molecule has 3 N–H and O–H groups in total. The van der Waals surface area contributed by atoms with E-state index in [1.165, 1.54) is 57.8 Å². The van der Waals surface area contributed by atoms with Crippen molar-refractivity contribution in [1.82, 2.24) is 0 Å². The zero-order valence-corrected chi connectivity index (χ0v) is 18.7. The van der Waals surface area contributed by atoms with E-state index in [1.807, 2.05) is 0 Å². The lowest BCUT2D eigenvalue weighted by Crippen LogP contribution is -2.34. The van der Waals surface area contributed by atoms with Gasteiger partial charge in [0, 0.05) is 18.2 Å². The van der Waals surface area contributed by atoms with Crippen molar-refractivity contribution >= 4 is 29.3 Å². The van der Waals surface area contributed by atoms with Gasteiger partial charge in [-0.25, -0.2) is 0 Å². The van der Waals surface area contributed by atoms with Crippen LogP contribution in [0.3, 0.4) is 0 Å². The Kier molecular flexibility index (Phi) is 22.3. The predicted molar refractivity (Wildman–Crippen MR) is 119 cm³/mol. The molecule has 1 atom stereocenters. The van der Waals surface area contributed by atoms with Crippen LogP contribution in [0.5, 0.6) is 0 Å². The second-order valence-electron chi connectivity index (χ2n) is 7.21. The number of halogens is 1. The smallest absolute Gasteiger partial charge is 0.323 e. The molecule has 0 amide bonds. The zero-order chi connectivity index (χ0) is 20.0. The number of alkyl halides is 1. The average molecular weight is 424 g/mol. The highest BCUT2D eigenvalue weighted by Crippen LogP contribution is 2.12. The maximum Gasteiger partial charge on any atom is 0.323 e. The van der Waals surface area contributed by atoms with Crippen LogP contribution in [0.25, 0.3) is 0 Å². The van der Waals surface area contributed by atoms with E-state index in [2.05, 4.69) is 0 Å². The van der Waals surface area contributed by atoms with Crippen LogP contribution in [-0.4, -0.2) is 47.7 Å². The number of nitrogens with two attached hydrogens (primary N) is 1. The highest BCUT2D eigenvalue weighted by Gasteiger charge is 2.14. The Bertz CT molecular complexity index is 322. The molecular weight excluding hydrogens is 382 g/mol. The van der Waals surface area contributed by atoms with Gasteiger partial charge in [0.15, 0.2) is 0 Å². The Morgan fingerprint density at radius 3 is 1.96 bits per heavy atom. The number of aliphatic hydroxyl groups is 1. The van der Waals surface area contributed by atoms with Crippen molar-refractivity contribution in [2.75, 3.05) is 30.6 Å². The van der Waals surface area contributed by atoms with Crippen LogP contribution in [0.4, 0.5) is 0 Å². The summed E-state index contributed by atoms with van der Waals surface area (Å²) in [7, 11) is 0. The average Bonchev–Trinajstić information content (AvgIpc) is 2.67. The zero-order valence-electron chi connectivity index (χ0n) is 17.1. The van der Waals surface area contributed by atoms with Crippen molar-refractivity contribution < 1.29 is 14.6 Å². The lowest BCUT2D eigenvalue weighted by molar-refractivity contribution is -0.144. The number of ether oxygens (including phenoxy) is 1. The monoisotopic (exact) mass is 423 g/mol. The van der Waals surface area contributed by atoms with Crippen LogP contribution in [0.1, 0.15) is 89.9 Å². The van der Waals surface area contributed by atoms with Gasteiger partial charge < -0.3 is 15.6 Å². The molecule has 0 spiro atoms. The number of carbonyl (C=O) groups is 1. The molecule has 0 aromatic carbocycles. The number of esters is 1. The maximum atomic E-state index is 11.9. The minimum atomic E-state index is -0.496. The Balaban J connectivity index is 3.32. The third-order valence-corrected chi connectivity index (χ3v) is 6.01. The maximum absolute atomic E-state index is 11.9. The minimum absolute atomic E-state index is 0.256. The van der Waals surface area contributed by atoms with Crippen LogP contribution >= 0.6 is 23.4 Å². The highest BCUT2D eigenvalue weighted by molar-refractivity contribution is 7.99. The summed E-state index contributed by atoms with van der Waals surface area (Å²) in [4.78, 5) is 11.9. The Morgan fingerprint density at radius 1 is 0.852 bits per heavy atom. The van der Waals surface area contributed by atoms with E-state index in [0.717, 1.165) is 43.7 Å². The molecule has 0 fully saturated rings. The topological polar surface area (TPSA) is 72.5 Å². The second kappa shape index (κ2) is 22.3. The first-order valence-corrected chi connectivity index (χ1v) is 12.6. The van der Waals surface area contributed by atoms with Crippen LogP contribution < -0.4 is 5.73 Å². The molecule has 6 heteroatoms. The van der Waals surface area contributed by atoms with Crippen molar-refractivity contribution in [3.05, 3.63) is 0 Å². The van der Waals surface area contributed by atoms with Crippen molar-refractivity contribution in [2.45, 2.75) is 95.9 Å². The number of hydrogen-bond acceptors (Lipinski definition) is 5. The summed E-state index contributed by atoms with van der Waals surface area (Å²) in [6.07, 6.45) is 16.3. The highest BCUT2D eigenvalue weighted by atomic mass is 35.5. The number of aliphatic hydroxyl groups excluding tert-OH is 1. The molecule has 0 aliphatic rings. The molecule has 0 rings (SSSR count). The van der Waals surface area contributed by atoms with Crippen molar-refractivity contribution in [3.63, 3.8) is 0 Å². The summed E-state index contributed by atoms with van der Waals surface area (Å²) in [5, 5.41) is 8.72. The molecule has 0 aromatic heterocycles. The standard InChI is InChI=1S/C21H42ClNO3S/c22-15-11-7-3-1-5-9-13-17-26-21(25)20(23)19-27-18-14-10-6-2-4-8-12-16-24/h20,24H,1-19,23H2/t20-/m0/s1. The van der Waals surface area contributed by atoms with Crippen molar-refractivity contribution in [3.8, 4) is 0 Å². The van der Waals surface area contributed by atoms with E-state index >= 15 is 0 Å². The van der Waals surface area contributed by atoms with Crippen LogP contribution in [-0.2, 0) is 9.53 Å². The van der Waals surface area contributed by atoms with Gasteiger partial charge in [0.05, 0.1) is 6.61 Å². The molecule has 0 bridgehead atoms. The Labute approximate surface area is 176 Å². The first-order valence-electron chi connectivity index (χ1n) is 10.9. The summed E-state index contributed by atoms with van der Waals surface area (Å²) in [6.45, 7) is 0.809. The van der Waals surface area contributed by atoms with E-state index in [9.17, 15) is 4.79 Å². The molecule has 0 saturated carbocycles. The van der Waals surface area contributed by atoms with Crippen molar-refractivity contribution in [2.24, 2.45) is 5.73 Å². The molecule has 0 radical (unpaired) electrons. The molecule has 0 aliphatic carbocycles. The Hall–Kier alpha value is 0.0300. The van der Waals surface area contributed by atoms with Gasteiger partial charge in [0.25, 0.3) is 0 Å². The molecule has 162 valence electrons. The first kappa shape index (κ1) is 27.0. The number of hydrogen-bond donors (Lipinski definition) is 2. The van der Waals surface area contributed by atoms with Gasteiger partial charge in [-0.15, -0.1) is 11.6 Å². The second-order valence-corrected chi connectivity index (χ2v) is 8.74. The minimum Gasteiger partial charge on any atom is -0.465 e. The number of carbonyl (C=O) groups excluding carboxylic acids is 1. The summed E-state index contributed by atoms with van der Waals surface area (Å²) < 4.78 is 5.28. The lowest BCUT2D eigenvalue weighted by Gasteiger charge is -2.11. The van der Waals surface area contributed by atoms with E-state index < -0.39 is 6.04 Å². The van der Waals surface area contributed by atoms with E-state index in [0.29, 0.717) is 19.0 Å². The molecule has 0 heterocycles. The van der Waals surface area contributed by atoms with Gasteiger partial charge in [-0.05, 0) is 31.4 Å². The van der Waals surface area contributed by atoms with Crippen molar-refractivity contribution in [1.29, 1.82) is 0 Å². The summed E-state index contributed by atoms with van der Waals surface area (Å²) in [6, 6.07) is -0.496. The molecule has 0 aromatic rings. The molecule has 0 saturated heterocycles. The fourth-order valence-electron chi connectivity index (χ4n) is 2.84. The molecule has 0 unspecified atom stereocenters. The summed E-state index contributed by atoms with van der Waals surface area (Å²) >= 11 is 7.40. The van der Waals surface area contributed by atoms with E-state index in [-0.39, 0.29) is 5.97 Å².